The van der Waals surface area contributed by atoms with Gasteiger partial charge in [0, 0.05) is 11.3 Å². The van der Waals surface area contributed by atoms with Gasteiger partial charge in [0.15, 0.2) is 0 Å². The lowest BCUT2D eigenvalue weighted by Crippen LogP contribution is -2.38. The van der Waals surface area contributed by atoms with Crippen LogP contribution in [-0.2, 0) is 16.2 Å². The standard InChI is InChI=1S/C21H17F3N2O3S/c1-14-4-2-7-18(25-14)15-8-9-20-19(12-15)26(10-11-29-20)30(27,28)17-6-3-5-16(13-17)21(22,23)24/h2-9,12-13H,10-11H2,1H3. The summed E-state index contributed by atoms with van der Waals surface area (Å²) in [6, 6.07) is 14.2. The van der Waals surface area contributed by atoms with E-state index in [1.54, 1.807) is 24.3 Å². The third-order valence-electron chi connectivity index (χ3n) is 4.71. The first-order chi connectivity index (χ1) is 14.2. The number of hydrogen-bond donors (Lipinski definition) is 0. The number of nitrogens with zero attached hydrogens (tertiary/aromatic N) is 2. The zero-order valence-electron chi connectivity index (χ0n) is 15.8. The molecule has 0 unspecified atom stereocenters. The monoisotopic (exact) mass is 434 g/mol. The van der Waals surface area contributed by atoms with Crippen molar-refractivity contribution >= 4 is 15.7 Å². The normalized spacial score (nSPS) is 14.2. The Morgan fingerprint density at radius 1 is 1.03 bits per heavy atom. The van der Waals surface area contributed by atoms with E-state index in [2.05, 4.69) is 4.98 Å². The van der Waals surface area contributed by atoms with Gasteiger partial charge in [0.1, 0.15) is 12.4 Å². The number of pyridine rings is 1. The molecule has 0 amide bonds. The van der Waals surface area contributed by atoms with Crippen LogP contribution in [0.2, 0.25) is 0 Å². The molecule has 2 heterocycles. The number of rotatable bonds is 3. The van der Waals surface area contributed by atoms with Crippen LogP contribution in [0.3, 0.4) is 0 Å². The minimum absolute atomic E-state index is 0.0176. The Hall–Kier alpha value is -3.07. The van der Waals surface area contributed by atoms with Gasteiger partial charge in [-0.3, -0.25) is 9.29 Å². The fourth-order valence-corrected chi connectivity index (χ4v) is 4.76. The second-order valence-corrected chi connectivity index (χ2v) is 8.66. The van der Waals surface area contributed by atoms with E-state index in [-0.39, 0.29) is 18.8 Å². The molecule has 0 saturated carbocycles. The second-order valence-electron chi connectivity index (χ2n) is 6.80. The number of fused-ring (bicyclic) bond motifs is 1. The molecule has 0 bridgehead atoms. The van der Waals surface area contributed by atoms with Gasteiger partial charge in [-0.25, -0.2) is 8.42 Å². The topological polar surface area (TPSA) is 59.5 Å². The van der Waals surface area contributed by atoms with Crippen molar-refractivity contribution < 1.29 is 26.3 Å². The molecule has 1 aromatic heterocycles. The van der Waals surface area contributed by atoms with E-state index in [1.807, 2.05) is 19.1 Å². The third-order valence-corrected chi connectivity index (χ3v) is 6.52. The summed E-state index contributed by atoms with van der Waals surface area (Å²) in [5.74, 6) is 0.341. The van der Waals surface area contributed by atoms with Crippen molar-refractivity contribution in [1.82, 2.24) is 4.98 Å². The summed E-state index contributed by atoms with van der Waals surface area (Å²) >= 11 is 0. The number of aryl methyl sites for hydroxylation is 1. The third kappa shape index (κ3) is 3.72. The maximum atomic E-state index is 13.2. The van der Waals surface area contributed by atoms with Crippen LogP contribution in [0.25, 0.3) is 11.3 Å². The summed E-state index contributed by atoms with van der Waals surface area (Å²) in [6.07, 6.45) is -4.64. The maximum Gasteiger partial charge on any atom is 0.416 e. The Morgan fingerprint density at radius 2 is 1.80 bits per heavy atom. The van der Waals surface area contributed by atoms with Crippen LogP contribution in [0.15, 0.2) is 65.6 Å². The van der Waals surface area contributed by atoms with Crippen molar-refractivity contribution in [3.8, 4) is 17.0 Å². The minimum Gasteiger partial charge on any atom is -0.489 e. The number of ether oxygens (including phenoxy) is 1. The Labute approximate surface area is 171 Å². The predicted octanol–water partition coefficient (Wildman–Crippen LogP) is 4.66. The van der Waals surface area contributed by atoms with Crippen molar-refractivity contribution in [2.75, 3.05) is 17.5 Å². The number of hydrogen-bond acceptors (Lipinski definition) is 4. The van der Waals surface area contributed by atoms with Gasteiger partial charge in [-0.05, 0) is 55.5 Å². The van der Waals surface area contributed by atoms with Crippen LogP contribution in [0.4, 0.5) is 18.9 Å². The molecular weight excluding hydrogens is 417 g/mol. The molecule has 4 rings (SSSR count). The molecule has 0 radical (unpaired) electrons. The van der Waals surface area contributed by atoms with E-state index in [4.69, 9.17) is 4.74 Å². The Morgan fingerprint density at radius 3 is 2.53 bits per heavy atom. The number of aromatic nitrogens is 1. The molecule has 1 aliphatic rings. The van der Waals surface area contributed by atoms with Gasteiger partial charge in [0.2, 0.25) is 0 Å². The quantitative estimate of drug-likeness (QED) is 0.602. The molecule has 5 nitrogen and oxygen atoms in total. The van der Waals surface area contributed by atoms with Crippen molar-refractivity contribution in [1.29, 1.82) is 0 Å². The summed E-state index contributed by atoms with van der Waals surface area (Å²) < 4.78 is 72.3. The van der Waals surface area contributed by atoms with Crippen molar-refractivity contribution in [2.24, 2.45) is 0 Å². The van der Waals surface area contributed by atoms with Crippen LogP contribution < -0.4 is 9.04 Å². The summed E-state index contributed by atoms with van der Waals surface area (Å²) in [5.41, 5.74) is 1.37. The number of halogens is 3. The van der Waals surface area contributed by atoms with Gasteiger partial charge < -0.3 is 4.74 Å². The number of benzene rings is 2. The molecule has 0 spiro atoms. The summed E-state index contributed by atoms with van der Waals surface area (Å²) in [5, 5.41) is 0. The second kappa shape index (κ2) is 7.32. The molecule has 156 valence electrons. The lowest BCUT2D eigenvalue weighted by molar-refractivity contribution is -0.137. The average Bonchev–Trinajstić information content (AvgIpc) is 2.72. The van der Waals surface area contributed by atoms with Gasteiger partial charge in [0.05, 0.1) is 28.4 Å². The minimum atomic E-state index is -4.64. The summed E-state index contributed by atoms with van der Waals surface area (Å²) in [4.78, 5) is 4.02. The molecule has 1 aliphatic heterocycles. The lowest BCUT2D eigenvalue weighted by Gasteiger charge is -2.31. The van der Waals surface area contributed by atoms with Gasteiger partial charge >= 0.3 is 6.18 Å². The van der Waals surface area contributed by atoms with Gasteiger partial charge in [0.25, 0.3) is 10.0 Å². The Kier molecular flexibility index (Phi) is 4.93. The van der Waals surface area contributed by atoms with Crippen LogP contribution in [0.5, 0.6) is 5.75 Å². The summed E-state index contributed by atoms with van der Waals surface area (Å²) in [7, 11) is -4.23. The number of sulfonamides is 1. The first-order valence-electron chi connectivity index (χ1n) is 9.07. The van der Waals surface area contributed by atoms with Crippen molar-refractivity contribution in [3.05, 3.63) is 71.9 Å². The Balaban J connectivity index is 1.80. The highest BCUT2D eigenvalue weighted by Gasteiger charge is 2.34. The maximum absolute atomic E-state index is 13.2. The van der Waals surface area contributed by atoms with Gasteiger partial charge in [-0.15, -0.1) is 0 Å². The van der Waals surface area contributed by atoms with E-state index >= 15 is 0 Å². The molecule has 2 aromatic carbocycles. The van der Waals surface area contributed by atoms with Gasteiger partial charge in [-0.2, -0.15) is 13.2 Å². The highest BCUT2D eigenvalue weighted by molar-refractivity contribution is 7.92. The van der Waals surface area contributed by atoms with E-state index in [0.717, 1.165) is 28.2 Å². The highest BCUT2D eigenvalue weighted by atomic mass is 32.2. The van der Waals surface area contributed by atoms with Crippen LogP contribution in [-0.4, -0.2) is 26.6 Å². The Bertz CT molecular complexity index is 1210. The molecule has 9 heteroatoms. The van der Waals surface area contributed by atoms with Crippen molar-refractivity contribution in [3.63, 3.8) is 0 Å². The first-order valence-corrected chi connectivity index (χ1v) is 10.5. The first kappa shape index (κ1) is 20.2. The van der Waals surface area contributed by atoms with Crippen LogP contribution in [0.1, 0.15) is 11.3 Å². The fourth-order valence-electron chi connectivity index (χ4n) is 3.27. The van der Waals surface area contributed by atoms with E-state index < -0.39 is 26.7 Å². The molecule has 0 saturated heterocycles. The number of anilines is 1. The van der Waals surface area contributed by atoms with Crippen molar-refractivity contribution in [2.45, 2.75) is 18.0 Å². The van der Waals surface area contributed by atoms with Crippen LogP contribution >= 0.6 is 0 Å². The molecule has 3 aromatic rings. The predicted molar refractivity (Wildman–Crippen MR) is 106 cm³/mol. The molecule has 30 heavy (non-hydrogen) atoms. The zero-order valence-corrected chi connectivity index (χ0v) is 16.7. The number of alkyl halides is 3. The average molecular weight is 434 g/mol. The fraction of sp³-hybridized carbons (Fsp3) is 0.190. The molecule has 0 N–H and O–H groups in total. The summed E-state index contributed by atoms with van der Waals surface area (Å²) in [6.45, 7) is 1.92. The molecule has 0 aliphatic carbocycles. The molecule has 0 atom stereocenters. The largest absolute Gasteiger partial charge is 0.489 e. The van der Waals surface area contributed by atoms with Crippen LogP contribution in [0, 0.1) is 6.92 Å². The lowest BCUT2D eigenvalue weighted by atomic mass is 10.1. The van der Waals surface area contributed by atoms with E-state index in [1.165, 1.54) is 0 Å². The van der Waals surface area contributed by atoms with E-state index in [9.17, 15) is 21.6 Å². The molecule has 0 fully saturated rings. The SMILES string of the molecule is Cc1cccc(-c2ccc3c(c2)N(S(=O)(=O)c2cccc(C(F)(F)F)c2)CCO3)n1. The highest BCUT2D eigenvalue weighted by Crippen LogP contribution is 2.39. The zero-order chi connectivity index (χ0) is 21.5. The van der Waals surface area contributed by atoms with Gasteiger partial charge in [-0.1, -0.05) is 12.1 Å². The van der Waals surface area contributed by atoms with E-state index in [0.29, 0.717) is 23.1 Å². The molecular formula is C21H17F3N2O3S. The smallest absolute Gasteiger partial charge is 0.416 e.